The molecule has 1 aliphatic heterocycles. The SMILES string of the molecule is COc1ccccc1N1CCN(CCC(C)CCCl)CC1. The van der Waals surface area contributed by atoms with E-state index >= 15 is 0 Å². The van der Waals surface area contributed by atoms with Crippen molar-refractivity contribution in [2.75, 3.05) is 50.6 Å². The molecule has 0 spiro atoms. The molecule has 0 aliphatic carbocycles. The molecule has 118 valence electrons. The van der Waals surface area contributed by atoms with E-state index in [1.807, 2.05) is 12.1 Å². The van der Waals surface area contributed by atoms with Crippen LogP contribution in [-0.4, -0.2) is 50.6 Å². The van der Waals surface area contributed by atoms with Crippen LogP contribution < -0.4 is 9.64 Å². The van der Waals surface area contributed by atoms with Crippen molar-refractivity contribution in [1.29, 1.82) is 0 Å². The van der Waals surface area contributed by atoms with Gasteiger partial charge in [-0.1, -0.05) is 19.1 Å². The summed E-state index contributed by atoms with van der Waals surface area (Å²) in [6.07, 6.45) is 2.38. The Morgan fingerprint density at radius 1 is 1.14 bits per heavy atom. The van der Waals surface area contributed by atoms with Gasteiger partial charge in [-0.05, 0) is 37.4 Å². The summed E-state index contributed by atoms with van der Waals surface area (Å²) in [6.45, 7) is 7.90. The van der Waals surface area contributed by atoms with Gasteiger partial charge in [0.05, 0.1) is 12.8 Å². The molecule has 0 bridgehead atoms. The smallest absolute Gasteiger partial charge is 0.142 e. The molecule has 0 aromatic heterocycles. The average molecular weight is 311 g/mol. The van der Waals surface area contributed by atoms with E-state index in [4.69, 9.17) is 16.3 Å². The summed E-state index contributed by atoms with van der Waals surface area (Å²) < 4.78 is 5.46. The lowest BCUT2D eigenvalue weighted by atomic mass is 10.0. The van der Waals surface area contributed by atoms with Crippen molar-refractivity contribution < 1.29 is 4.74 Å². The van der Waals surface area contributed by atoms with E-state index in [2.05, 4.69) is 28.9 Å². The summed E-state index contributed by atoms with van der Waals surface area (Å²) in [4.78, 5) is 4.99. The lowest BCUT2D eigenvalue weighted by molar-refractivity contribution is 0.239. The Bertz CT molecular complexity index is 419. The van der Waals surface area contributed by atoms with Crippen LogP contribution >= 0.6 is 11.6 Å². The van der Waals surface area contributed by atoms with Crippen molar-refractivity contribution >= 4 is 17.3 Å². The first-order valence-electron chi connectivity index (χ1n) is 7.91. The molecule has 4 heteroatoms. The van der Waals surface area contributed by atoms with Gasteiger partial charge in [0.2, 0.25) is 0 Å². The molecule has 1 atom stereocenters. The Kier molecular flexibility index (Phi) is 6.65. The van der Waals surface area contributed by atoms with Gasteiger partial charge in [0.1, 0.15) is 5.75 Å². The van der Waals surface area contributed by atoms with Crippen molar-refractivity contribution in [3.8, 4) is 5.75 Å². The van der Waals surface area contributed by atoms with E-state index < -0.39 is 0 Å². The Hall–Kier alpha value is -0.930. The molecule has 0 amide bonds. The van der Waals surface area contributed by atoms with Crippen LogP contribution in [0.5, 0.6) is 5.75 Å². The van der Waals surface area contributed by atoms with Crippen LogP contribution in [-0.2, 0) is 0 Å². The number of rotatable bonds is 7. The quantitative estimate of drug-likeness (QED) is 0.717. The molecule has 21 heavy (non-hydrogen) atoms. The first-order chi connectivity index (χ1) is 10.2. The van der Waals surface area contributed by atoms with Crippen molar-refractivity contribution in [2.45, 2.75) is 19.8 Å². The summed E-state index contributed by atoms with van der Waals surface area (Å²) >= 11 is 5.80. The van der Waals surface area contributed by atoms with Gasteiger partial charge >= 0.3 is 0 Å². The van der Waals surface area contributed by atoms with Gasteiger partial charge in [-0.15, -0.1) is 11.6 Å². The van der Waals surface area contributed by atoms with Crippen LogP contribution in [0.15, 0.2) is 24.3 Å². The monoisotopic (exact) mass is 310 g/mol. The third kappa shape index (κ3) is 4.79. The van der Waals surface area contributed by atoms with Gasteiger partial charge in [-0.2, -0.15) is 0 Å². The predicted molar refractivity (Wildman–Crippen MR) is 90.8 cm³/mol. The molecule has 1 fully saturated rings. The van der Waals surface area contributed by atoms with E-state index in [-0.39, 0.29) is 0 Å². The van der Waals surface area contributed by atoms with E-state index in [0.29, 0.717) is 0 Å². The fraction of sp³-hybridized carbons (Fsp3) is 0.647. The maximum Gasteiger partial charge on any atom is 0.142 e. The predicted octanol–water partition coefficient (Wildman–Crippen LogP) is 3.47. The summed E-state index contributed by atoms with van der Waals surface area (Å²) in [6, 6.07) is 8.29. The summed E-state index contributed by atoms with van der Waals surface area (Å²) in [5.41, 5.74) is 1.22. The second kappa shape index (κ2) is 8.50. The van der Waals surface area contributed by atoms with Crippen molar-refractivity contribution in [3.05, 3.63) is 24.3 Å². The molecular weight excluding hydrogens is 284 g/mol. The molecule has 2 rings (SSSR count). The Labute approximate surface area is 133 Å². The van der Waals surface area contributed by atoms with Crippen molar-refractivity contribution in [1.82, 2.24) is 4.90 Å². The van der Waals surface area contributed by atoms with Crippen molar-refractivity contribution in [3.63, 3.8) is 0 Å². The topological polar surface area (TPSA) is 15.7 Å². The van der Waals surface area contributed by atoms with E-state index in [1.54, 1.807) is 7.11 Å². The molecule has 0 radical (unpaired) electrons. The van der Waals surface area contributed by atoms with Gasteiger partial charge in [-0.25, -0.2) is 0 Å². The Morgan fingerprint density at radius 2 is 1.86 bits per heavy atom. The van der Waals surface area contributed by atoms with Crippen LogP contribution in [0.3, 0.4) is 0 Å². The zero-order valence-electron chi connectivity index (χ0n) is 13.2. The lowest BCUT2D eigenvalue weighted by Crippen LogP contribution is -2.46. The normalized spacial score (nSPS) is 17.8. The Morgan fingerprint density at radius 3 is 2.52 bits per heavy atom. The minimum Gasteiger partial charge on any atom is -0.495 e. The first kappa shape index (κ1) is 16.4. The number of anilines is 1. The molecule has 0 saturated carbocycles. The lowest BCUT2D eigenvalue weighted by Gasteiger charge is -2.37. The molecule has 1 heterocycles. The van der Waals surface area contributed by atoms with Crippen LogP contribution in [0, 0.1) is 5.92 Å². The summed E-state index contributed by atoms with van der Waals surface area (Å²) in [5, 5.41) is 0. The molecule has 1 aliphatic rings. The minimum absolute atomic E-state index is 0.731. The highest BCUT2D eigenvalue weighted by Gasteiger charge is 2.19. The van der Waals surface area contributed by atoms with Crippen LogP contribution in [0.1, 0.15) is 19.8 Å². The van der Waals surface area contributed by atoms with Crippen LogP contribution in [0.2, 0.25) is 0 Å². The second-order valence-electron chi connectivity index (χ2n) is 5.87. The number of benzene rings is 1. The molecule has 1 aromatic rings. The molecule has 3 nitrogen and oxygen atoms in total. The third-order valence-corrected chi connectivity index (χ3v) is 4.56. The number of halogens is 1. The molecule has 1 aromatic carbocycles. The van der Waals surface area contributed by atoms with Crippen molar-refractivity contribution in [2.24, 2.45) is 5.92 Å². The van der Waals surface area contributed by atoms with Crippen LogP contribution in [0.4, 0.5) is 5.69 Å². The van der Waals surface area contributed by atoms with E-state index in [1.165, 1.54) is 18.7 Å². The number of piperazine rings is 1. The zero-order chi connectivity index (χ0) is 15.1. The fourth-order valence-electron chi connectivity index (χ4n) is 2.84. The zero-order valence-corrected chi connectivity index (χ0v) is 14.0. The number of hydrogen-bond donors (Lipinski definition) is 0. The van der Waals surface area contributed by atoms with Gasteiger partial charge < -0.3 is 9.64 Å². The van der Waals surface area contributed by atoms with E-state index in [9.17, 15) is 0 Å². The average Bonchev–Trinajstić information content (AvgIpc) is 2.54. The van der Waals surface area contributed by atoms with Gasteiger partial charge in [-0.3, -0.25) is 4.90 Å². The summed E-state index contributed by atoms with van der Waals surface area (Å²) in [5.74, 6) is 2.49. The van der Waals surface area contributed by atoms with Gasteiger partial charge in [0.15, 0.2) is 0 Å². The third-order valence-electron chi connectivity index (χ3n) is 4.34. The van der Waals surface area contributed by atoms with Gasteiger partial charge in [0, 0.05) is 32.1 Å². The maximum absolute atomic E-state index is 5.80. The molecule has 0 N–H and O–H groups in total. The summed E-state index contributed by atoms with van der Waals surface area (Å²) in [7, 11) is 1.74. The largest absolute Gasteiger partial charge is 0.495 e. The van der Waals surface area contributed by atoms with Crippen LogP contribution in [0.25, 0.3) is 0 Å². The number of hydrogen-bond acceptors (Lipinski definition) is 3. The maximum atomic E-state index is 5.80. The number of para-hydroxylation sites is 2. The highest BCUT2D eigenvalue weighted by Crippen LogP contribution is 2.28. The fourth-order valence-corrected chi connectivity index (χ4v) is 3.21. The highest BCUT2D eigenvalue weighted by atomic mass is 35.5. The number of methoxy groups -OCH3 is 1. The molecule has 1 saturated heterocycles. The number of ether oxygens (including phenoxy) is 1. The second-order valence-corrected chi connectivity index (χ2v) is 6.25. The first-order valence-corrected chi connectivity index (χ1v) is 8.44. The Balaban J connectivity index is 1.80. The minimum atomic E-state index is 0.731. The number of alkyl halides is 1. The van der Waals surface area contributed by atoms with E-state index in [0.717, 1.165) is 50.1 Å². The molecule has 1 unspecified atom stereocenters. The number of nitrogens with zero attached hydrogens (tertiary/aromatic N) is 2. The van der Waals surface area contributed by atoms with Gasteiger partial charge in [0.25, 0.3) is 0 Å². The highest BCUT2D eigenvalue weighted by molar-refractivity contribution is 6.17. The standard InChI is InChI=1S/C17H27ClN2O/c1-15(7-9-18)8-10-19-11-13-20(14-12-19)16-5-3-4-6-17(16)21-2/h3-6,15H,7-14H2,1-2H3. The molecular formula is C17H27ClN2O.